The topological polar surface area (TPSA) is 137 Å². The van der Waals surface area contributed by atoms with Gasteiger partial charge in [-0.05, 0) is 30.2 Å². The molecule has 3 aliphatic heterocycles. The molecule has 4 atom stereocenters. The van der Waals surface area contributed by atoms with Crippen LogP contribution in [0.1, 0.15) is 25.2 Å². The number of ether oxygens (including phenoxy) is 1. The number of anilines is 1. The molecule has 0 aliphatic carbocycles. The quantitative estimate of drug-likeness (QED) is 0.232. The second kappa shape index (κ2) is 8.55. The highest BCUT2D eigenvalue weighted by Crippen LogP contribution is 2.57. The molecule has 7 rings (SSSR count). The smallest absolute Gasteiger partial charge is 0.271 e. The second-order valence-corrected chi connectivity index (χ2v) is 11.0. The highest BCUT2D eigenvalue weighted by atomic mass is 16.6. The molecule has 3 aliphatic rings. The number of non-ortho nitro benzene ring substituents is 1. The maximum atomic E-state index is 14.6. The second-order valence-electron chi connectivity index (χ2n) is 11.0. The zero-order valence-electron chi connectivity index (χ0n) is 22.4. The average Bonchev–Trinajstić information content (AvgIpc) is 3.56. The first-order chi connectivity index (χ1) is 19.7. The monoisotopic (exact) mass is 551 g/mol. The minimum atomic E-state index is -1.30. The van der Waals surface area contributed by atoms with Crippen LogP contribution in [-0.4, -0.2) is 39.4 Å². The molecule has 11 nitrogen and oxygen atoms in total. The third kappa shape index (κ3) is 3.12. The number of benzene rings is 3. The minimum Gasteiger partial charge on any atom is -0.495 e. The van der Waals surface area contributed by atoms with Gasteiger partial charge in [0.05, 0.1) is 40.5 Å². The van der Waals surface area contributed by atoms with Crippen LogP contribution in [0, 0.1) is 27.9 Å². The number of nitro groups is 1. The number of methoxy groups -OCH3 is 1. The molecule has 206 valence electrons. The molecule has 1 aromatic heterocycles. The van der Waals surface area contributed by atoms with Crippen LogP contribution in [0.25, 0.3) is 16.6 Å². The van der Waals surface area contributed by atoms with Gasteiger partial charge in [-0.3, -0.25) is 34.4 Å². The Kier molecular flexibility index (Phi) is 5.23. The number of nitro benzene ring substituents is 1. The fraction of sp³-hybridized carbons (Fsp3) is 0.267. The molecule has 11 heteroatoms. The summed E-state index contributed by atoms with van der Waals surface area (Å²) in [4.78, 5) is 59.7. The van der Waals surface area contributed by atoms with E-state index >= 15 is 0 Å². The number of carbonyl (C=O) groups excluding carboxylic acids is 2. The number of hydrogen-bond donors (Lipinski definition) is 1. The number of amides is 2. The molecule has 4 aromatic rings. The van der Waals surface area contributed by atoms with Gasteiger partial charge in [-0.25, -0.2) is 9.88 Å². The number of para-hydroxylation sites is 2. The van der Waals surface area contributed by atoms with Gasteiger partial charge in [0.1, 0.15) is 22.8 Å². The first kappa shape index (κ1) is 25.1. The molecule has 2 amide bonds. The van der Waals surface area contributed by atoms with E-state index in [9.17, 15) is 24.5 Å². The van der Waals surface area contributed by atoms with Crippen LogP contribution in [0.15, 0.2) is 71.5 Å². The fourth-order valence-electron chi connectivity index (χ4n) is 6.93. The summed E-state index contributed by atoms with van der Waals surface area (Å²) in [6.45, 7) is 3.92. The third-order valence-electron chi connectivity index (χ3n) is 8.63. The van der Waals surface area contributed by atoms with E-state index in [0.717, 1.165) is 4.90 Å². The average molecular weight is 552 g/mol. The minimum absolute atomic E-state index is 0.0129. The van der Waals surface area contributed by atoms with E-state index < -0.39 is 40.2 Å². The van der Waals surface area contributed by atoms with Gasteiger partial charge in [0.25, 0.3) is 11.2 Å². The highest BCUT2D eigenvalue weighted by molar-refractivity contribution is 6.24. The van der Waals surface area contributed by atoms with E-state index in [0.29, 0.717) is 28.0 Å². The summed E-state index contributed by atoms with van der Waals surface area (Å²) in [5, 5.41) is 15.7. The van der Waals surface area contributed by atoms with Gasteiger partial charge in [-0.1, -0.05) is 44.2 Å². The fourth-order valence-corrected chi connectivity index (χ4v) is 6.93. The number of nitrogens with zero attached hydrogens (tertiary/aromatic N) is 4. The summed E-state index contributed by atoms with van der Waals surface area (Å²) in [7, 11) is 1.38. The molecule has 3 aromatic carbocycles. The SMILES string of the molecule is COc1ccc([N+](=O)[O-])cc1N1C(=O)[C@H]2C(C(C)C)NC3(c4ccccc4-n4c3nc3ccccc3c4=O)[C@H]2C1=O. The Morgan fingerprint density at radius 2 is 1.73 bits per heavy atom. The Morgan fingerprint density at radius 1 is 1.00 bits per heavy atom. The van der Waals surface area contributed by atoms with Crippen LogP contribution in [0.4, 0.5) is 11.4 Å². The molecule has 1 N–H and O–H groups in total. The molecule has 41 heavy (non-hydrogen) atoms. The van der Waals surface area contributed by atoms with Crippen molar-refractivity contribution in [2.24, 2.45) is 17.8 Å². The number of nitrogens with one attached hydrogen (secondary N) is 1. The Balaban J connectivity index is 1.52. The van der Waals surface area contributed by atoms with Crippen LogP contribution in [-0.2, 0) is 15.1 Å². The van der Waals surface area contributed by atoms with Crippen LogP contribution in [0.5, 0.6) is 5.75 Å². The summed E-state index contributed by atoms with van der Waals surface area (Å²) in [6, 6.07) is 17.7. The summed E-state index contributed by atoms with van der Waals surface area (Å²) in [5.41, 5.74) is -0.0806. The molecule has 2 unspecified atom stereocenters. The maximum Gasteiger partial charge on any atom is 0.271 e. The van der Waals surface area contributed by atoms with Gasteiger partial charge in [-0.2, -0.15) is 0 Å². The Morgan fingerprint density at radius 3 is 2.46 bits per heavy atom. The molecular formula is C30H25N5O6. The summed E-state index contributed by atoms with van der Waals surface area (Å²) in [6.07, 6.45) is 0. The van der Waals surface area contributed by atoms with E-state index in [4.69, 9.17) is 9.72 Å². The van der Waals surface area contributed by atoms with Gasteiger partial charge in [0, 0.05) is 23.7 Å². The van der Waals surface area contributed by atoms with Crippen molar-refractivity contribution in [1.29, 1.82) is 0 Å². The van der Waals surface area contributed by atoms with Crippen molar-refractivity contribution in [2.75, 3.05) is 12.0 Å². The number of imide groups is 1. The lowest BCUT2D eigenvalue weighted by atomic mass is 9.75. The van der Waals surface area contributed by atoms with Gasteiger partial charge in [0.2, 0.25) is 11.8 Å². The van der Waals surface area contributed by atoms with E-state index in [1.54, 1.807) is 28.8 Å². The van der Waals surface area contributed by atoms with Gasteiger partial charge < -0.3 is 4.74 Å². The molecule has 0 saturated carbocycles. The molecule has 1 spiro atoms. The number of carbonyl (C=O) groups is 2. The van der Waals surface area contributed by atoms with Crippen LogP contribution < -0.4 is 20.5 Å². The lowest BCUT2D eigenvalue weighted by molar-refractivity contribution is -0.384. The van der Waals surface area contributed by atoms with Crippen molar-refractivity contribution in [3.8, 4) is 11.4 Å². The van der Waals surface area contributed by atoms with Gasteiger partial charge in [-0.15, -0.1) is 0 Å². The molecule has 2 fully saturated rings. The van der Waals surface area contributed by atoms with E-state index in [1.165, 1.54) is 25.3 Å². The van der Waals surface area contributed by atoms with Crippen molar-refractivity contribution in [2.45, 2.75) is 25.4 Å². The number of rotatable bonds is 4. The lowest BCUT2D eigenvalue weighted by Crippen LogP contribution is -2.51. The first-order valence-corrected chi connectivity index (χ1v) is 13.3. The van der Waals surface area contributed by atoms with Gasteiger partial charge >= 0.3 is 0 Å². The van der Waals surface area contributed by atoms with E-state index in [2.05, 4.69) is 5.32 Å². The number of aromatic nitrogens is 2. The van der Waals surface area contributed by atoms with Crippen molar-refractivity contribution in [3.05, 3.63) is 98.6 Å². The van der Waals surface area contributed by atoms with Gasteiger partial charge in [0.15, 0.2) is 0 Å². The molecule has 0 bridgehead atoms. The van der Waals surface area contributed by atoms with Crippen LogP contribution in [0.3, 0.4) is 0 Å². The molecule has 0 radical (unpaired) electrons. The van der Waals surface area contributed by atoms with E-state index in [-0.39, 0.29) is 28.6 Å². The standard InChI is InChI=1S/C30H25N5O6/c1-15(2)25-23-24(28(38)33(27(23)37)21-14-16(35(39)40)12-13-22(21)41-3)30(32-25)18-9-5-7-11-20(18)34-26(36)17-8-4-6-10-19(17)31-29(30)34/h4-15,23-25,32H,1-3H3/t23-,24-,25?,30?/m1/s1. The van der Waals surface area contributed by atoms with Crippen molar-refractivity contribution in [3.63, 3.8) is 0 Å². The summed E-state index contributed by atoms with van der Waals surface area (Å²) in [5.74, 6) is -2.41. The van der Waals surface area contributed by atoms with Crippen molar-refractivity contribution < 1.29 is 19.2 Å². The Bertz CT molecular complexity index is 1880. The van der Waals surface area contributed by atoms with Crippen LogP contribution >= 0.6 is 0 Å². The van der Waals surface area contributed by atoms with Crippen LogP contribution in [0.2, 0.25) is 0 Å². The normalized spacial score (nSPS) is 24.3. The first-order valence-electron chi connectivity index (χ1n) is 13.3. The maximum absolute atomic E-state index is 14.6. The lowest BCUT2D eigenvalue weighted by Gasteiger charge is -2.32. The van der Waals surface area contributed by atoms with Crippen molar-refractivity contribution in [1.82, 2.24) is 14.9 Å². The molecule has 2 saturated heterocycles. The largest absolute Gasteiger partial charge is 0.495 e. The number of hydrogen-bond acceptors (Lipinski definition) is 8. The summed E-state index contributed by atoms with van der Waals surface area (Å²) >= 11 is 0. The zero-order chi connectivity index (χ0) is 28.8. The number of fused-ring (bicyclic) bond motifs is 8. The molecule has 4 heterocycles. The predicted octanol–water partition coefficient (Wildman–Crippen LogP) is 3.29. The van der Waals surface area contributed by atoms with Crippen molar-refractivity contribution >= 4 is 34.1 Å². The third-order valence-corrected chi connectivity index (χ3v) is 8.63. The summed E-state index contributed by atoms with van der Waals surface area (Å²) < 4.78 is 6.98. The Labute approximate surface area is 233 Å². The highest BCUT2D eigenvalue weighted by Gasteiger charge is 2.70. The zero-order valence-corrected chi connectivity index (χ0v) is 22.4. The van der Waals surface area contributed by atoms with E-state index in [1.807, 2.05) is 38.1 Å². The molecular weight excluding hydrogens is 526 g/mol. The Hall–Kier alpha value is -4.90. The predicted molar refractivity (Wildman–Crippen MR) is 149 cm³/mol.